The molecule has 1 N–H and O–H groups in total. The second kappa shape index (κ2) is 3.81. The number of hydrogen-bond donors (Lipinski definition) is 1. The molecular weight excluding hydrogens is 485 g/mol. The third-order valence-corrected chi connectivity index (χ3v) is 3.73. The lowest BCUT2D eigenvalue weighted by Gasteiger charge is -2.13. The summed E-state index contributed by atoms with van der Waals surface area (Å²) in [5.74, 6) is 0.000678. The Bertz CT molecular complexity index is 272. The summed E-state index contributed by atoms with van der Waals surface area (Å²) in [5.41, 5.74) is 0. The van der Waals surface area contributed by atoms with Crippen molar-refractivity contribution in [1.82, 2.24) is 0 Å². The SMILES string of the molecule is [O-]c1c(I)cc(I)c(O)c1I. The molecule has 0 amide bonds. The Morgan fingerprint density at radius 1 is 1.18 bits per heavy atom. The second-order valence-electron chi connectivity index (χ2n) is 1.83. The number of rotatable bonds is 0. The maximum atomic E-state index is 11.2. The zero-order valence-corrected chi connectivity index (χ0v) is 11.5. The molecule has 0 fully saturated rings. The minimum Gasteiger partial charge on any atom is -0.871 e. The van der Waals surface area contributed by atoms with Gasteiger partial charge in [-0.25, -0.2) is 0 Å². The molecule has 0 aliphatic carbocycles. The fraction of sp³-hybridized carbons (Fsp3) is 0. The van der Waals surface area contributed by atoms with Crippen LogP contribution in [0.25, 0.3) is 0 Å². The molecule has 1 aromatic rings. The Hall–Kier alpha value is 1.01. The highest BCUT2D eigenvalue weighted by Crippen LogP contribution is 2.34. The molecular formula is C6H2I3O2-. The van der Waals surface area contributed by atoms with Crippen molar-refractivity contribution >= 4 is 67.8 Å². The van der Waals surface area contributed by atoms with Gasteiger partial charge in [-0.3, -0.25) is 0 Å². The fourth-order valence-electron chi connectivity index (χ4n) is 0.562. The molecule has 0 unspecified atom stereocenters. The number of phenols is 1. The van der Waals surface area contributed by atoms with Crippen molar-refractivity contribution in [2.45, 2.75) is 0 Å². The smallest absolute Gasteiger partial charge is 0.141 e. The molecule has 0 saturated heterocycles. The van der Waals surface area contributed by atoms with Gasteiger partial charge in [0.05, 0.1) is 3.57 Å². The molecule has 2 nitrogen and oxygen atoms in total. The monoisotopic (exact) mass is 487 g/mol. The number of hydrogen-bond acceptors (Lipinski definition) is 2. The zero-order chi connectivity index (χ0) is 8.59. The predicted octanol–water partition coefficient (Wildman–Crippen LogP) is 2.28. The topological polar surface area (TPSA) is 43.3 Å². The fourth-order valence-corrected chi connectivity index (χ4v) is 3.93. The van der Waals surface area contributed by atoms with E-state index < -0.39 is 0 Å². The van der Waals surface area contributed by atoms with Crippen LogP contribution in [0, 0.1) is 10.7 Å². The maximum Gasteiger partial charge on any atom is 0.141 e. The van der Waals surface area contributed by atoms with E-state index in [1.807, 2.05) is 67.8 Å². The lowest BCUT2D eigenvalue weighted by atomic mass is 10.3. The molecule has 11 heavy (non-hydrogen) atoms. The number of halogens is 3. The molecule has 0 bridgehead atoms. The van der Waals surface area contributed by atoms with Gasteiger partial charge in [-0.2, -0.15) is 0 Å². The average Bonchev–Trinajstić information content (AvgIpc) is 1.97. The minimum absolute atomic E-state index is 0.0934. The van der Waals surface area contributed by atoms with E-state index in [1.54, 1.807) is 6.07 Å². The quantitative estimate of drug-likeness (QED) is 0.572. The van der Waals surface area contributed by atoms with Gasteiger partial charge < -0.3 is 10.2 Å². The zero-order valence-electron chi connectivity index (χ0n) is 5.07. The summed E-state index contributed by atoms with van der Waals surface area (Å²) in [7, 11) is 0. The van der Waals surface area contributed by atoms with E-state index in [4.69, 9.17) is 0 Å². The maximum absolute atomic E-state index is 11.2. The van der Waals surface area contributed by atoms with Gasteiger partial charge in [-0.05, 0) is 73.8 Å². The van der Waals surface area contributed by atoms with E-state index in [0.717, 1.165) is 3.57 Å². The molecule has 5 heteroatoms. The molecule has 60 valence electrons. The van der Waals surface area contributed by atoms with E-state index in [1.165, 1.54) is 0 Å². The van der Waals surface area contributed by atoms with Crippen LogP contribution in [0.1, 0.15) is 0 Å². The lowest BCUT2D eigenvalue weighted by molar-refractivity contribution is -0.271. The van der Waals surface area contributed by atoms with Crippen LogP contribution in [0.3, 0.4) is 0 Å². The molecule has 0 aromatic heterocycles. The second-order valence-corrected chi connectivity index (χ2v) is 5.24. The van der Waals surface area contributed by atoms with Crippen molar-refractivity contribution in [3.8, 4) is 11.5 Å². The van der Waals surface area contributed by atoms with Gasteiger partial charge in [-0.15, -0.1) is 0 Å². The van der Waals surface area contributed by atoms with Gasteiger partial charge in [0, 0.05) is 7.14 Å². The van der Waals surface area contributed by atoms with E-state index in [9.17, 15) is 10.2 Å². The Balaban J connectivity index is 3.46. The molecule has 0 aliphatic heterocycles. The van der Waals surface area contributed by atoms with E-state index >= 15 is 0 Å². The van der Waals surface area contributed by atoms with Crippen molar-refractivity contribution in [2.24, 2.45) is 0 Å². The van der Waals surface area contributed by atoms with Crippen molar-refractivity contribution in [3.05, 3.63) is 16.8 Å². The standard InChI is InChI=1S/C6H3I3O2/c7-2-1-3(8)6(11)4(9)5(2)10/h1,10-11H/p-1. The molecule has 0 aliphatic rings. The summed E-state index contributed by atoms with van der Waals surface area (Å²) in [6.07, 6.45) is 0. The first-order valence-electron chi connectivity index (χ1n) is 2.57. The van der Waals surface area contributed by atoms with Crippen LogP contribution in [0.5, 0.6) is 11.5 Å². The first-order valence-corrected chi connectivity index (χ1v) is 5.81. The highest BCUT2D eigenvalue weighted by Gasteiger charge is 2.05. The predicted molar refractivity (Wildman–Crippen MR) is 65.7 cm³/mol. The number of benzene rings is 1. The van der Waals surface area contributed by atoms with Crippen LogP contribution in [-0.2, 0) is 0 Å². The molecule has 1 rings (SSSR count). The van der Waals surface area contributed by atoms with Gasteiger partial charge in [0.2, 0.25) is 0 Å². The third kappa shape index (κ3) is 2.02. The summed E-state index contributed by atoms with van der Waals surface area (Å²) < 4.78 is 1.77. The largest absolute Gasteiger partial charge is 0.871 e. The summed E-state index contributed by atoms with van der Waals surface area (Å²) in [6.45, 7) is 0. The van der Waals surface area contributed by atoms with Crippen molar-refractivity contribution in [1.29, 1.82) is 0 Å². The Morgan fingerprint density at radius 3 is 2.27 bits per heavy atom. The van der Waals surface area contributed by atoms with Gasteiger partial charge in [0.15, 0.2) is 0 Å². The molecule has 0 saturated carbocycles. The highest BCUT2D eigenvalue weighted by atomic mass is 127. The molecule has 1 aromatic carbocycles. The van der Waals surface area contributed by atoms with E-state index in [-0.39, 0.29) is 11.5 Å². The normalized spacial score (nSPS) is 10.1. The van der Waals surface area contributed by atoms with Crippen molar-refractivity contribution in [3.63, 3.8) is 0 Å². The average molecular weight is 487 g/mol. The Labute approximate surface area is 105 Å². The van der Waals surface area contributed by atoms with Crippen molar-refractivity contribution in [2.75, 3.05) is 0 Å². The molecule has 0 spiro atoms. The van der Waals surface area contributed by atoms with Crippen LogP contribution >= 0.6 is 67.8 Å². The van der Waals surface area contributed by atoms with E-state index in [2.05, 4.69) is 0 Å². The highest BCUT2D eigenvalue weighted by molar-refractivity contribution is 14.1. The Morgan fingerprint density at radius 2 is 1.73 bits per heavy atom. The number of phenolic OH excluding ortho intramolecular Hbond substituents is 1. The summed E-state index contributed by atoms with van der Waals surface area (Å²) >= 11 is 5.80. The van der Waals surface area contributed by atoms with Crippen molar-refractivity contribution < 1.29 is 10.2 Å². The first-order chi connectivity index (χ1) is 5.04. The van der Waals surface area contributed by atoms with Gasteiger partial charge >= 0.3 is 0 Å². The summed E-state index contributed by atoms with van der Waals surface area (Å²) in [4.78, 5) is 0. The molecule has 0 radical (unpaired) electrons. The van der Waals surface area contributed by atoms with Crippen LogP contribution in [0.4, 0.5) is 0 Å². The third-order valence-electron chi connectivity index (χ3n) is 1.10. The van der Waals surface area contributed by atoms with Crippen LogP contribution < -0.4 is 5.11 Å². The molecule has 0 atom stereocenters. The van der Waals surface area contributed by atoms with Crippen LogP contribution in [0.15, 0.2) is 6.07 Å². The Kier molecular flexibility index (Phi) is 3.50. The van der Waals surface area contributed by atoms with Gasteiger partial charge in [0.25, 0.3) is 0 Å². The molecule has 0 heterocycles. The van der Waals surface area contributed by atoms with Gasteiger partial charge in [-0.1, -0.05) is 5.75 Å². The van der Waals surface area contributed by atoms with Crippen LogP contribution in [-0.4, -0.2) is 5.11 Å². The first kappa shape index (κ1) is 10.1. The van der Waals surface area contributed by atoms with E-state index in [0.29, 0.717) is 7.14 Å². The van der Waals surface area contributed by atoms with Crippen LogP contribution in [0.2, 0.25) is 0 Å². The lowest BCUT2D eigenvalue weighted by Crippen LogP contribution is -1.97. The number of aromatic hydroxyl groups is 1. The van der Waals surface area contributed by atoms with Gasteiger partial charge in [0.1, 0.15) is 5.75 Å². The summed E-state index contributed by atoms with van der Waals surface area (Å²) in [6, 6.07) is 1.67. The minimum atomic E-state index is -0.0934. The summed E-state index contributed by atoms with van der Waals surface area (Å²) in [5, 5.41) is 20.5.